The van der Waals surface area contributed by atoms with Gasteiger partial charge in [-0.15, -0.1) is 0 Å². The molecule has 2 aliphatic rings. The minimum Gasteiger partial charge on any atom is -0.348 e. The molecule has 2 aliphatic carbocycles. The summed E-state index contributed by atoms with van der Waals surface area (Å²) < 4.78 is 39.4. The van der Waals surface area contributed by atoms with Crippen molar-refractivity contribution in [1.82, 2.24) is 15.1 Å². The van der Waals surface area contributed by atoms with Gasteiger partial charge in [0.2, 0.25) is 0 Å². The molecule has 4 atom stereocenters. The Hall–Kier alpha value is -1.24. The van der Waals surface area contributed by atoms with Gasteiger partial charge in [0.05, 0.1) is 0 Å². The number of fused-ring (bicyclic) bond motifs is 2. The summed E-state index contributed by atoms with van der Waals surface area (Å²) in [6.07, 6.45) is 0.0673. The zero-order chi connectivity index (χ0) is 16.9. The number of carbonyl (C=O) groups is 1. The highest BCUT2D eigenvalue weighted by Crippen LogP contribution is 2.49. The molecule has 23 heavy (non-hydrogen) atoms. The Bertz CT molecular complexity index is 628. The average molecular weight is 350 g/mol. The summed E-state index contributed by atoms with van der Waals surface area (Å²) in [5, 5.41) is 5.81. The minimum absolute atomic E-state index is 0.0924. The quantitative estimate of drug-likeness (QED) is 0.905. The molecule has 0 aromatic carbocycles. The molecule has 1 aromatic heterocycles. The predicted molar refractivity (Wildman–Crippen MR) is 79.1 cm³/mol. The lowest BCUT2D eigenvalue weighted by Gasteiger charge is -2.28. The van der Waals surface area contributed by atoms with Crippen molar-refractivity contribution in [3.63, 3.8) is 0 Å². The van der Waals surface area contributed by atoms with Crippen LogP contribution in [0.5, 0.6) is 0 Å². The van der Waals surface area contributed by atoms with E-state index in [1.165, 1.54) is 19.3 Å². The molecule has 2 saturated carbocycles. The lowest BCUT2D eigenvalue weighted by atomic mass is 9.84. The lowest BCUT2D eigenvalue weighted by Crippen LogP contribution is -2.40. The third kappa shape index (κ3) is 2.95. The van der Waals surface area contributed by atoms with Crippen molar-refractivity contribution in [3.8, 4) is 0 Å². The summed E-state index contributed by atoms with van der Waals surface area (Å²) in [5.74, 6) is 1.10. The molecule has 128 valence electrons. The van der Waals surface area contributed by atoms with Crippen molar-refractivity contribution >= 4 is 17.5 Å². The number of hydrogen-bond acceptors (Lipinski definition) is 2. The Morgan fingerprint density at radius 3 is 2.57 bits per heavy atom. The molecule has 0 unspecified atom stereocenters. The lowest BCUT2D eigenvalue weighted by molar-refractivity contribution is -0.143. The first-order valence-electron chi connectivity index (χ1n) is 7.79. The number of hydrogen-bond donors (Lipinski definition) is 1. The number of alkyl halides is 3. The van der Waals surface area contributed by atoms with Crippen LogP contribution in [-0.2, 0) is 13.2 Å². The molecule has 0 aliphatic heterocycles. The van der Waals surface area contributed by atoms with Crippen LogP contribution in [0.3, 0.4) is 0 Å². The smallest absolute Gasteiger partial charge is 0.348 e. The van der Waals surface area contributed by atoms with E-state index in [4.69, 9.17) is 11.6 Å². The zero-order valence-electron chi connectivity index (χ0n) is 13.0. The van der Waals surface area contributed by atoms with E-state index >= 15 is 0 Å². The molecule has 1 aromatic rings. The zero-order valence-corrected chi connectivity index (χ0v) is 13.7. The van der Waals surface area contributed by atoms with Crippen LogP contribution < -0.4 is 5.32 Å². The fraction of sp³-hybridized carbons (Fsp3) is 0.733. The topological polar surface area (TPSA) is 46.9 Å². The monoisotopic (exact) mass is 349 g/mol. The van der Waals surface area contributed by atoms with Crippen LogP contribution in [-0.4, -0.2) is 21.7 Å². The largest absolute Gasteiger partial charge is 0.434 e. The van der Waals surface area contributed by atoms with Crippen molar-refractivity contribution in [2.45, 2.75) is 44.8 Å². The standard InChI is InChI=1S/C15H19ClF3N3O/c1-7(10-6-8-3-4-9(10)5-8)20-14(23)12-11(16)13(15(17,18)19)22(2)21-12/h7-10H,3-6H2,1-2H3,(H,20,23)/t7-,8-,9-,10+/m1/s1. The van der Waals surface area contributed by atoms with E-state index in [-0.39, 0.29) is 11.7 Å². The normalized spacial score (nSPS) is 28.2. The molecule has 4 nitrogen and oxygen atoms in total. The van der Waals surface area contributed by atoms with Crippen molar-refractivity contribution in [2.75, 3.05) is 0 Å². The van der Waals surface area contributed by atoms with Gasteiger partial charge in [-0.1, -0.05) is 18.0 Å². The van der Waals surface area contributed by atoms with Crippen molar-refractivity contribution in [1.29, 1.82) is 0 Å². The molecule has 0 saturated heterocycles. The third-order valence-corrected chi connectivity index (χ3v) is 5.62. The number of halogens is 4. The fourth-order valence-electron chi connectivity index (χ4n) is 4.24. The molecule has 1 N–H and O–H groups in total. The van der Waals surface area contributed by atoms with Crippen LogP contribution in [0.1, 0.15) is 48.8 Å². The van der Waals surface area contributed by atoms with Crippen molar-refractivity contribution in [2.24, 2.45) is 24.8 Å². The molecular weight excluding hydrogens is 331 g/mol. The summed E-state index contributed by atoms with van der Waals surface area (Å²) >= 11 is 5.75. The summed E-state index contributed by atoms with van der Waals surface area (Å²) in [6, 6.07) is -0.0924. The van der Waals surface area contributed by atoms with E-state index in [1.54, 1.807) is 0 Å². The number of rotatable bonds is 3. The molecule has 0 spiro atoms. The Kier molecular flexibility index (Phi) is 4.11. The number of carbonyl (C=O) groups excluding carboxylic acids is 1. The summed E-state index contributed by atoms with van der Waals surface area (Å²) in [5.41, 5.74) is -1.46. The summed E-state index contributed by atoms with van der Waals surface area (Å²) in [6.45, 7) is 1.91. The molecule has 3 rings (SSSR count). The maximum Gasteiger partial charge on any atom is 0.434 e. The van der Waals surface area contributed by atoms with E-state index in [0.717, 1.165) is 19.4 Å². The first-order valence-corrected chi connectivity index (χ1v) is 8.16. The second-order valence-corrected chi connectivity index (χ2v) is 7.11. The highest BCUT2D eigenvalue weighted by atomic mass is 35.5. The van der Waals surface area contributed by atoms with E-state index < -0.39 is 22.8 Å². The second kappa shape index (κ2) is 5.69. The van der Waals surface area contributed by atoms with Gasteiger partial charge in [-0.3, -0.25) is 9.48 Å². The van der Waals surface area contributed by atoms with Crippen LogP contribution in [0, 0.1) is 17.8 Å². The maximum absolute atomic E-state index is 12.9. The number of amides is 1. The Morgan fingerprint density at radius 2 is 2.09 bits per heavy atom. The van der Waals surface area contributed by atoms with Crippen LogP contribution in [0.2, 0.25) is 5.02 Å². The van der Waals surface area contributed by atoms with E-state index in [1.807, 2.05) is 6.92 Å². The van der Waals surface area contributed by atoms with Crippen molar-refractivity contribution < 1.29 is 18.0 Å². The molecular formula is C15H19ClF3N3O. The van der Waals surface area contributed by atoms with Crippen LogP contribution in [0.25, 0.3) is 0 Å². The summed E-state index contributed by atoms with van der Waals surface area (Å²) in [7, 11) is 1.13. The number of aryl methyl sites for hydroxylation is 1. The van der Waals surface area contributed by atoms with E-state index in [9.17, 15) is 18.0 Å². The highest BCUT2D eigenvalue weighted by Gasteiger charge is 2.43. The minimum atomic E-state index is -4.65. The van der Waals surface area contributed by atoms with Gasteiger partial charge in [-0.05, 0) is 43.9 Å². The molecule has 1 heterocycles. The molecule has 1 amide bonds. The Labute approximate surface area is 137 Å². The van der Waals surface area contributed by atoms with E-state index in [2.05, 4.69) is 10.4 Å². The van der Waals surface area contributed by atoms with Gasteiger partial charge in [0.1, 0.15) is 5.02 Å². The number of aromatic nitrogens is 2. The molecule has 2 fully saturated rings. The van der Waals surface area contributed by atoms with E-state index in [0.29, 0.717) is 16.5 Å². The first kappa shape index (κ1) is 16.6. The van der Waals surface area contributed by atoms with Gasteiger partial charge in [-0.2, -0.15) is 18.3 Å². The molecule has 2 bridgehead atoms. The number of nitrogens with one attached hydrogen (secondary N) is 1. The summed E-state index contributed by atoms with van der Waals surface area (Å²) in [4.78, 5) is 12.3. The third-order valence-electron chi connectivity index (χ3n) is 5.27. The first-order chi connectivity index (χ1) is 10.7. The van der Waals surface area contributed by atoms with Gasteiger partial charge in [0.15, 0.2) is 11.4 Å². The maximum atomic E-state index is 12.9. The van der Waals surface area contributed by atoms with Gasteiger partial charge in [0.25, 0.3) is 5.91 Å². The highest BCUT2D eigenvalue weighted by molar-refractivity contribution is 6.34. The van der Waals surface area contributed by atoms with Gasteiger partial charge < -0.3 is 5.32 Å². The Morgan fingerprint density at radius 1 is 1.39 bits per heavy atom. The van der Waals surface area contributed by atoms with Gasteiger partial charge in [-0.25, -0.2) is 0 Å². The van der Waals surface area contributed by atoms with Gasteiger partial charge in [0, 0.05) is 13.1 Å². The van der Waals surface area contributed by atoms with Gasteiger partial charge >= 0.3 is 6.18 Å². The molecule has 8 heteroatoms. The average Bonchev–Trinajstić information content (AvgIpc) is 3.11. The SMILES string of the molecule is C[C@@H](NC(=O)c1nn(C)c(C(F)(F)F)c1Cl)[C@@H]1C[C@@H]2CC[C@@H]1C2. The molecule has 0 radical (unpaired) electrons. The van der Waals surface area contributed by atoms with Crippen LogP contribution in [0.15, 0.2) is 0 Å². The Balaban J connectivity index is 1.74. The number of nitrogens with zero attached hydrogens (tertiary/aromatic N) is 2. The van der Waals surface area contributed by atoms with Crippen LogP contribution >= 0.6 is 11.6 Å². The van der Waals surface area contributed by atoms with Crippen molar-refractivity contribution in [3.05, 3.63) is 16.4 Å². The van der Waals surface area contributed by atoms with Crippen LogP contribution in [0.4, 0.5) is 13.2 Å². The predicted octanol–water partition coefficient (Wildman–Crippen LogP) is 3.65. The fourth-order valence-corrected chi connectivity index (χ4v) is 4.59. The second-order valence-electron chi connectivity index (χ2n) is 6.73.